The van der Waals surface area contributed by atoms with Gasteiger partial charge in [-0.15, -0.1) is 0 Å². The van der Waals surface area contributed by atoms with E-state index in [2.05, 4.69) is 25.6 Å². The van der Waals surface area contributed by atoms with Crippen molar-refractivity contribution in [2.75, 3.05) is 11.9 Å². The highest BCUT2D eigenvalue weighted by atomic mass is 35.5. The van der Waals surface area contributed by atoms with Crippen LogP contribution in [0.2, 0.25) is 5.02 Å². The van der Waals surface area contributed by atoms with Crippen molar-refractivity contribution in [1.82, 2.24) is 24.8 Å². The van der Waals surface area contributed by atoms with E-state index in [-0.39, 0.29) is 28.3 Å². The number of pyridine rings is 2. The largest absolute Gasteiger partial charge is 0.392 e. The fraction of sp³-hybridized carbons (Fsp3) is 0.130. The van der Waals surface area contributed by atoms with Crippen molar-refractivity contribution in [3.05, 3.63) is 88.2 Å². The van der Waals surface area contributed by atoms with Gasteiger partial charge in [0.25, 0.3) is 11.5 Å². The summed E-state index contributed by atoms with van der Waals surface area (Å²) in [4.78, 5) is 36.3. The Kier molecular flexibility index (Phi) is 6.71. The molecule has 4 aromatic rings. The maximum Gasteiger partial charge on any atom is 0.257 e. The quantitative estimate of drug-likeness (QED) is 0.320. The molecule has 1 atom stereocenters. The van der Waals surface area contributed by atoms with Crippen LogP contribution < -0.4 is 16.2 Å². The maximum atomic E-state index is 14.6. The summed E-state index contributed by atoms with van der Waals surface area (Å²) in [5.74, 6) is -0.745. The number of rotatable bonds is 7. The summed E-state index contributed by atoms with van der Waals surface area (Å²) in [6.45, 7) is 1.61. The van der Waals surface area contributed by atoms with E-state index < -0.39 is 23.4 Å². The molecule has 0 aliphatic carbocycles. The van der Waals surface area contributed by atoms with Crippen molar-refractivity contribution in [3.8, 4) is 16.9 Å². The third-order valence-corrected chi connectivity index (χ3v) is 5.13. The SMILES string of the molecule is CC(O)CNC(=O)c1cnccc1Nc1cc(-c2cc(Cl)ccc2F)c(=O)[nH]c1-n1ccnc1. The number of hydrogen-bond donors (Lipinski definition) is 4. The summed E-state index contributed by atoms with van der Waals surface area (Å²) >= 11 is 6.03. The molecule has 4 N–H and O–H groups in total. The van der Waals surface area contributed by atoms with E-state index in [9.17, 15) is 19.1 Å². The Morgan fingerprint density at radius 1 is 1.21 bits per heavy atom. The normalized spacial score (nSPS) is 11.8. The summed E-state index contributed by atoms with van der Waals surface area (Å²) in [6, 6.07) is 6.99. The van der Waals surface area contributed by atoms with Crippen molar-refractivity contribution in [1.29, 1.82) is 0 Å². The molecule has 0 saturated heterocycles. The summed E-state index contributed by atoms with van der Waals surface area (Å²) in [5, 5.41) is 15.5. The van der Waals surface area contributed by atoms with E-state index >= 15 is 0 Å². The smallest absolute Gasteiger partial charge is 0.257 e. The molecule has 0 spiro atoms. The number of anilines is 2. The van der Waals surface area contributed by atoms with E-state index in [4.69, 9.17) is 11.6 Å². The molecule has 0 bridgehead atoms. The number of aliphatic hydroxyl groups is 1. The predicted octanol–water partition coefficient (Wildman–Crippen LogP) is 3.27. The zero-order valence-electron chi connectivity index (χ0n) is 17.9. The zero-order valence-corrected chi connectivity index (χ0v) is 18.7. The zero-order chi connectivity index (χ0) is 24.2. The van der Waals surface area contributed by atoms with E-state index in [0.29, 0.717) is 17.2 Å². The lowest BCUT2D eigenvalue weighted by atomic mass is 10.1. The van der Waals surface area contributed by atoms with Gasteiger partial charge in [0, 0.05) is 41.9 Å². The van der Waals surface area contributed by atoms with Crippen LogP contribution in [0.15, 0.2) is 66.2 Å². The van der Waals surface area contributed by atoms with E-state index in [0.717, 1.165) is 0 Å². The van der Waals surface area contributed by atoms with Crippen LogP contribution in [-0.4, -0.2) is 43.2 Å². The molecular formula is C23H20ClFN6O3. The van der Waals surface area contributed by atoms with Crippen LogP contribution in [0.3, 0.4) is 0 Å². The first-order valence-corrected chi connectivity index (χ1v) is 10.6. The van der Waals surface area contributed by atoms with Gasteiger partial charge in [-0.25, -0.2) is 9.37 Å². The number of amides is 1. The number of aromatic amines is 1. The van der Waals surface area contributed by atoms with Crippen molar-refractivity contribution >= 4 is 28.9 Å². The molecule has 1 unspecified atom stereocenters. The number of carbonyl (C=O) groups is 1. The van der Waals surface area contributed by atoms with Gasteiger partial charge in [0.15, 0.2) is 0 Å². The number of H-pyrrole nitrogens is 1. The number of aliphatic hydroxyl groups excluding tert-OH is 1. The van der Waals surface area contributed by atoms with Gasteiger partial charge in [-0.1, -0.05) is 11.6 Å². The van der Waals surface area contributed by atoms with Crippen molar-refractivity contribution < 1.29 is 14.3 Å². The van der Waals surface area contributed by atoms with Gasteiger partial charge >= 0.3 is 0 Å². The minimum Gasteiger partial charge on any atom is -0.392 e. The summed E-state index contributed by atoms with van der Waals surface area (Å²) in [5.41, 5.74) is 0.479. The third-order valence-electron chi connectivity index (χ3n) is 4.89. The number of imidazole rings is 1. The van der Waals surface area contributed by atoms with Crippen LogP contribution in [-0.2, 0) is 0 Å². The number of nitrogens with zero attached hydrogens (tertiary/aromatic N) is 3. The fourth-order valence-corrected chi connectivity index (χ4v) is 3.45. The Morgan fingerprint density at radius 3 is 2.76 bits per heavy atom. The van der Waals surface area contributed by atoms with Crippen LogP contribution in [0.4, 0.5) is 15.8 Å². The van der Waals surface area contributed by atoms with Gasteiger partial charge in [0.1, 0.15) is 18.0 Å². The molecule has 34 heavy (non-hydrogen) atoms. The maximum absolute atomic E-state index is 14.6. The minimum absolute atomic E-state index is 0.0265. The molecule has 0 saturated carbocycles. The molecule has 1 aromatic carbocycles. The molecule has 11 heteroatoms. The lowest BCUT2D eigenvalue weighted by Crippen LogP contribution is -2.31. The first-order valence-electron chi connectivity index (χ1n) is 10.2. The van der Waals surface area contributed by atoms with Gasteiger partial charge in [-0.3, -0.25) is 19.1 Å². The van der Waals surface area contributed by atoms with Crippen LogP contribution in [0.5, 0.6) is 0 Å². The molecule has 1 amide bonds. The van der Waals surface area contributed by atoms with Crippen molar-refractivity contribution in [3.63, 3.8) is 0 Å². The van der Waals surface area contributed by atoms with Gasteiger partial charge < -0.3 is 20.7 Å². The lowest BCUT2D eigenvalue weighted by Gasteiger charge is -2.17. The standard InChI is InChI=1S/C23H20ClFN6O3/c1-13(32)10-28-22(33)17-11-26-5-4-19(17)29-20-9-16(15-8-14(24)2-3-18(15)25)23(34)30-21(20)31-7-6-27-12-31/h2-9,11-13,32H,10H2,1H3,(H,26,29)(H,28,33)(H,30,34). The first kappa shape index (κ1) is 23.1. The Hall–Kier alpha value is -4.02. The van der Waals surface area contributed by atoms with E-state index in [1.807, 2.05) is 0 Å². The first-order chi connectivity index (χ1) is 16.3. The monoisotopic (exact) mass is 482 g/mol. The number of aromatic nitrogens is 4. The van der Waals surface area contributed by atoms with Crippen molar-refractivity contribution in [2.24, 2.45) is 0 Å². The molecule has 0 aliphatic rings. The second-order valence-electron chi connectivity index (χ2n) is 7.47. The number of halogens is 2. The lowest BCUT2D eigenvalue weighted by molar-refractivity contribution is 0.0924. The average molecular weight is 483 g/mol. The highest BCUT2D eigenvalue weighted by Crippen LogP contribution is 2.30. The predicted molar refractivity (Wildman–Crippen MR) is 126 cm³/mol. The highest BCUT2D eigenvalue weighted by Gasteiger charge is 2.18. The minimum atomic E-state index is -0.723. The van der Waals surface area contributed by atoms with Crippen LogP contribution in [0.25, 0.3) is 16.9 Å². The second-order valence-corrected chi connectivity index (χ2v) is 7.91. The van der Waals surface area contributed by atoms with Crippen LogP contribution in [0.1, 0.15) is 17.3 Å². The van der Waals surface area contributed by atoms with Crippen LogP contribution >= 0.6 is 11.6 Å². The molecular weight excluding hydrogens is 463 g/mol. The van der Waals surface area contributed by atoms with Gasteiger partial charge in [0.05, 0.1) is 28.6 Å². The van der Waals surface area contributed by atoms with Gasteiger partial charge in [-0.2, -0.15) is 0 Å². The Balaban J connectivity index is 1.82. The molecule has 0 aliphatic heterocycles. The van der Waals surface area contributed by atoms with Crippen LogP contribution in [0, 0.1) is 5.82 Å². The number of carbonyl (C=O) groups excluding carboxylic acids is 1. The fourth-order valence-electron chi connectivity index (χ4n) is 3.28. The third kappa shape index (κ3) is 4.98. The van der Waals surface area contributed by atoms with E-state index in [1.165, 1.54) is 49.2 Å². The summed E-state index contributed by atoms with van der Waals surface area (Å²) in [6.07, 6.45) is 6.79. The Labute approximate surface area is 198 Å². The Morgan fingerprint density at radius 2 is 2.03 bits per heavy atom. The second kappa shape index (κ2) is 9.86. The number of benzene rings is 1. The molecule has 0 fully saturated rings. The van der Waals surface area contributed by atoms with Gasteiger partial charge in [0.2, 0.25) is 0 Å². The number of nitrogens with one attached hydrogen (secondary N) is 3. The van der Waals surface area contributed by atoms with Gasteiger partial charge in [-0.05, 0) is 37.3 Å². The molecule has 3 heterocycles. The summed E-state index contributed by atoms with van der Waals surface area (Å²) in [7, 11) is 0. The average Bonchev–Trinajstić information content (AvgIpc) is 3.35. The molecule has 174 valence electrons. The highest BCUT2D eigenvalue weighted by molar-refractivity contribution is 6.30. The van der Waals surface area contributed by atoms with E-state index in [1.54, 1.807) is 23.8 Å². The number of hydrogen-bond acceptors (Lipinski definition) is 6. The Bertz CT molecular complexity index is 1390. The topological polar surface area (TPSA) is 125 Å². The molecule has 9 nitrogen and oxygen atoms in total. The summed E-state index contributed by atoms with van der Waals surface area (Å²) < 4.78 is 16.1. The van der Waals surface area contributed by atoms with Crippen molar-refractivity contribution in [2.45, 2.75) is 13.0 Å². The molecule has 0 radical (unpaired) electrons. The molecule has 4 rings (SSSR count). The molecule has 3 aromatic heterocycles.